The molecule has 0 amide bonds. The van der Waals surface area contributed by atoms with Crippen LogP contribution in [0.25, 0.3) is 10.4 Å². The normalized spacial score (nSPS) is 19.5. The number of rotatable bonds is 13. The number of carbonyl (C=O) groups excluding carboxylic acids is 1. The molecule has 4 atom stereocenters. The summed E-state index contributed by atoms with van der Waals surface area (Å²) >= 11 is 0. The maximum absolute atomic E-state index is 12.1. The van der Waals surface area contributed by atoms with E-state index in [9.17, 15) is 10.3 Å². The Morgan fingerprint density at radius 2 is 1.40 bits per heavy atom. The van der Waals surface area contributed by atoms with E-state index in [0.29, 0.717) is 24.7 Å². The van der Waals surface area contributed by atoms with E-state index < -0.39 is 30.3 Å². The number of ether oxygens (including phenoxy) is 4. The molecule has 0 radical (unpaired) electrons. The first-order chi connectivity index (χ1) is 20.7. The molecule has 0 spiro atoms. The van der Waals surface area contributed by atoms with Crippen LogP contribution < -0.4 is 0 Å². The van der Waals surface area contributed by atoms with E-state index in [1.54, 1.807) is 6.20 Å². The van der Waals surface area contributed by atoms with Crippen molar-refractivity contribution in [3.05, 3.63) is 136 Å². The number of nitrogens with zero attached hydrogens (tertiary/aromatic N) is 5. The van der Waals surface area contributed by atoms with E-state index in [4.69, 9.17) is 23.9 Å². The minimum absolute atomic E-state index is 0.0256. The molecule has 0 saturated carbocycles. The fourth-order valence-electron chi connectivity index (χ4n) is 5.10. The van der Waals surface area contributed by atoms with Crippen molar-refractivity contribution < 1.29 is 23.7 Å². The van der Waals surface area contributed by atoms with Crippen LogP contribution in [0.2, 0.25) is 0 Å². The van der Waals surface area contributed by atoms with Gasteiger partial charge in [-0.15, -0.1) is 0 Å². The van der Waals surface area contributed by atoms with Crippen molar-refractivity contribution >= 4 is 5.97 Å². The van der Waals surface area contributed by atoms with Crippen molar-refractivity contribution in [3.63, 3.8) is 0 Å². The lowest BCUT2D eigenvalue weighted by Crippen LogP contribution is -2.48. The highest BCUT2D eigenvalue weighted by Crippen LogP contribution is 2.40. The number of aromatic nitrogens is 2. The van der Waals surface area contributed by atoms with E-state index >= 15 is 0 Å². The van der Waals surface area contributed by atoms with E-state index in [1.807, 2.05) is 95.6 Å². The molecule has 0 saturated heterocycles. The van der Waals surface area contributed by atoms with E-state index in [0.717, 1.165) is 16.7 Å². The van der Waals surface area contributed by atoms with Gasteiger partial charge < -0.3 is 23.5 Å². The van der Waals surface area contributed by atoms with Gasteiger partial charge in [0.2, 0.25) is 0 Å². The zero-order chi connectivity index (χ0) is 29.1. The van der Waals surface area contributed by atoms with Crippen molar-refractivity contribution in [3.8, 4) is 0 Å². The summed E-state index contributed by atoms with van der Waals surface area (Å²) < 4.78 is 26.1. The number of methoxy groups -OCH3 is 1. The van der Waals surface area contributed by atoms with Gasteiger partial charge in [-0.3, -0.25) is 4.79 Å². The molecule has 1 aliphatic heterocycles. The molecule has 0 bridgehead atoms. The number of hydrogen-bond acceptors (Lipinski definition) is 7. The molecule has 0 aliphatic carbocycles. The first-order valence-electron chi connectivity index (χ1n) is 13.8. The molecule has 0 fully saturated rings. The SMILES string of the molecule is COC(=O)Cc1cn2c(n1)[C@H](N=[N+]=[N-])[C@@H](OCc1ccccc1)[C@@H](OCc1ccccc1)[C@H]2COCc1ccccc1. The van der Waals surface area contributed by atoms with Crippen molar-refractivity contribution in [1.82, 2.24) is 9.55 Å². The molecular formula is C32H33N5O5. The number of imidazole rings is 1. The average Bonchev–Trinajstić information content (AvgIpc) is 3.45. The summed E-state index contributed by atoms with van der Waals surface area (Å²) in [5.74, 6) is 0.0639. The Kier molecular flexibility index (Phi) is 9.98. The first kappa shape index (κ1) is 29.0. The lowest BCUT2D eigenvalue weighted by Gasteiger charge is -2.41. The second-order valence-corrected chi connectivity index (χ2v) is 9.99. The predicted octanol–water partition coefficient (Wildman–Crippen LogP) is 5.89. The van der Waals surface area contributed by atoms with E-state index in [1.165, 1.54) is 7.11 Å². The van der Waals surface area contributed by atoms with Gasteiger partial charge >= 0.3 is 5.97 Å². The average molecular weight is 568 g/mol. The maximum Gasteiger partial charge on any atom is 0.311 e. The molecule has 2 heterocycles. The van der Waals surface area contributed by atoms with Crippen molar-refractivity contribution in [1.29, 1.82) is 0 Å². The van der Waals surface area contributed by atoms with Crippen LogP contribution in [0.1, 0.15) is 40.3 Å². The first-order valence-corrected chi connectivity index (χ1v) is 13.8. The molecule has 3 aromatic carbocycles. The van der Waals surface area contributed by atoms with Crippen LogP contribution in [-0.2, 0) is 50.0 Å². The molecule has 5 rings (SSSR count). The minimum atomic E-state index is -0.809. The second kappa shape index (κ2) is 14.4. The molecule has 0 N–H and O–H groups in total. The van der Waals surface area contributed by atoms with Gasteiger partial charge in [0.1, 0.15) is 24.1 Å². The lowest BCUT2D eigenvalue weighted by molar-refractivity contribution is -0.139. The number of benzene rings is 3. The lowest BCUT2D eigenvalue weighted by atomic mass is 9.93. The summed E-state index contributed by atoms with van der Waals surface area (Å²) in [4.78, 5) is 20.0. The van der Waals surface area contributed by atoms with Gasteiger partial charge in [-0.25, -0.2) is 4.98 Å². The summed E-state index contributed by atoms with van der Waals surface area (Å²) in [5, 5.41) is 4.13. The number of carbonyl (C=O) groups is 1. The monoisotopic (exact) mass is 567 g/mol. The Labute approximate surface area is 244 Å². The summed E-state index contributed by atoms with van der Waals surface area (Å²) in [6.07, 6.45) is 0.501. The summed E-state index contributed by atoms with van der Waals surface area (Å²) in [6, 6.07) is 28.3. The quantitative estimate of drug-likeness (QED) is 0.0859. The maximum atomic E-state index is 12.1. The van der Waals surface area contributed by atoms with Gasteiger partial charge in [0.15, 0.2) is 0 Å². The molecule has 1 aromatic heterocycles. The number of esters is 1. The molecule has 216 valence electrons. The van der Waals surface area contributed by atoms with Crippen LogP contribution in [0.15, 0.2) is 102 Å². The van der Waals surface area contributed by atoms with Crippen molar-refractivity contribution in [2.45, 2.75) is 50.5 Å². The smallest absolute Gasteiger partial charge is 0.311 e. The number of azide groups is 1. The van der Waals surface area contributed by atoms with Crippen LogP contribution in [0.5, 0.6) is 0 Å². The fraction of sp³-hybridized carbons (Fsp3) is 0.312. The highest BCUT2D eigenvalue weighted by atomic mass is 16.5. The molecule has 4 aromatic rings. The van der Waals surface area contributed by atoms with Crippen LogP contribution >= 0.6 is 0 Å². The van der Waals surface area contributed by atoms with Gasteiger partial charge in [0.25, 0.3) is 0 Å². The van der Waals surface area contributed by atoms with Crippen LogP contribution in [0.4, 0.5) is 0 Å². The van der Waals surface area contributed by atoms with Crippen LogP contribution in [0, 0.1) is 0 Å². The van der Waals surface area contributed by atoms with Gasteiger partial charge in [-0.1, -0.05) is 96.1 Å². The summed E-state index contributed by atoms with van der Waals surface area (Å²) in [7, 11) is 1.34. The Morgan fingerprint density at radius 3 is 1.95 bits per heavy atom. The molecule has 10 heteroatoms. The van der Waals surface area contributed by atoms with Gasteiger partial charge in [-0.2, -0.15) is 0 Å². The molecule has 0 unspecified atom stereocenters. The van der Waals surface area contributed by atoms with E-state index in [-0.39, 0.29) is 19.6 Å². The Hall–Kier alpha value is -4.47. The Balaban J connectivity index is 1.51. The van der Waals surface area contributed by atoms with Gasteiger partial charge in [0, 0.05) is 11.1 Å². The largest absolute Gasteiger partial charge is 0.469 e. The predicted molar refractivity (Wildman–Crippen MR) is 155 cm³/mol. The highest BCUT2D eigenvalue weighted by molar-refractivity contribution is 5.71. The molecule has 10 nitrogen and oxygen atoms in total. The molecule has 1 aliphatic rings. The zero-order valence-electron chi connectivity index (χ0n) is 23.4. The Bertz CT molecular complexity index is 1480. The van der Waals surface area contributed by atoms with E-state index in [2.05, 4.69) is 10.0 Å². The molecular weight excluding hydrogens is 534 g/mol. The van der Waals surface area contributed by atoms with Crippen LogP contribution in [-0.4, -0.2) is 41.4 Å². The van der Waals surface area contributed by atoms with Crippen molar-refractivity contribution in [2.75, 3.05) is 13.7 Å². The van der Waals surface area contributed by atoms with Gasteiger partial charge in [-0.05, 0) is 22.2 Å². The molecule has 42 heavy (non-hydrogen) atoms. The zero-order valence-corrected chi connectivity index (χ0v) is 23.4. The van der Waals surface area contributed by atoms with Crippen LogP contribution in [0.3, 0.4) is 0 Å². The summed E-state index contributed by atoms with van der Waals surface area (Å²) in [5.41, 5.74) is 13.1. The number of fused-ring (bicyclic) bond motifs is 1. The topological polar surface area (TPSA) is 121 Å². The second-order valence-electron chi connectivity index (χ2n) is 9.99. The number of hydrogen-bond donors (Lipinski definition) is 0. The Morgan fingerprint density at radius 1 is 0.857 bits per heavy atom. The van der Waals surface area contributed by atoms with Crippen molar-refractivity contribution in [2.24, 2.45) is 5.11 Å². The highest BCUT2D eigenvalue weighted by Gasteiger charge is 2.46. The third-order valence-corrected chi connectivity index (χ3v) is 7.15. The fourth-order valence-corrected chi connectivity index (χ4v) is 5.10. The third kappa shape index (κ3) is 7.23. The van der Waals surface area contributed by atoms with Gasteiger partial charge in [0.05, 0.1) is 51.7 Å². The standard InChI is InChI=1S/C32H33N5O5/c1-39-28(38)17-26-18-37-27(22-40-19-23-11-5-2-6-12-23)30(41-20-24-13-7-3-8-14-24)31(29(35-36-33)32(37)34-26)42-21-25-15-9-4-10-16-25/h2-16,18,27,29-31H,17,19-22H2,1H3/t27-,29-,30+,31-/m1/s1. The summed E-state index contributed by atoms with van der Waals surface area (Å²) in [6.45, 7) is 1.26. The third-order valence-electron chi connectivity index (χ3n) is 7.15. The minimum Gasteiger partial charge on any atom is -0.469 e.